The van der Waals surface area contributed by atoms with Crippen molar-refractivity contribution < 1.29 is 4.52 Å². The number of piperidine rings is 1. The van der Waals surface area contributed by atoms with Gasteiger partial charge in [0.1, 0.15) is 0 Å². The van der Waals surface area contributed by atoms with E-state index in [1.54, 1.807) is 0 Å². The van der Waals surface area contributed by atoms with Crippen LogP contribution in [0.3, 0.4) is 0 Å². The molecule has 114 valence electrons. The Morgan fingerprint density at radius 3 is 3.00 bits per heavy atom. The third kappa shape index (κ3) is 4.92. The summed E-state index contributed by atoms with van der Waals surface area (Å²) in [6.45, 7) is 6.88. The maximum atomic E-state index is 6.02. The smallest absolute Gasteiger partial charge is 0.226 e. The number of aromatic nitrogens is 2. The number of guanidine groups is 1. The summed E-state index contributed by atoms with van der Waals surface area (Å²) in [5, 5.41) is 3.90. The molecule has 1 fully saturated rings. The first-order valence-electron chi connectivity index (χ1n) is 7.05. The van der Waals surface area contributed by atoms with Gasteiger partial charge < -0.3 is 15.2 Å². The number of likely N-dealkylation sites (tertiary alicyclic amines) is 1. The fourth-order valence-electron chi connectivity index (χ4n) is 2.30. The molecule has 0 spiro atoms. The molecular formula is C13H24IN5O. The molecule has 1 atom stereocenters. The number of aryl methyl sites for hydroxylation is 1. The van der Waals surface area contributed by atoms with Gasteiger partial charge in [-0.25, -0.2) is 0 Å². The third-order valence-corrected chi connectivity index (χ3v) is 3.40. The van der Waals surface area contributed by atoms with Gasteiger partial charge in [-0.2, -0.15) is 4.98 Å². The van der Waals surface area contributed by atoms with E-state index in [9.17, 15) is 0 Å². The minimum atomic E-state index is 0. The third-order valence-electron chi connectivity index (χ3n) is 3.40. The summed E-state index contributed by atoms with van der Waals surface area (Å²) in [4.78, 5) is 10.8. The number of aliphatic imine (C=N–C) groups is 1. The Labute approximate surface area is 137 Å². The SMILES string of the molecule is CCc1nc(CCN=C(N)N2CCCC(C)C2)no1.I. The average molecular weight is 393 g/mol. The number of rotatable bonds is 4. The van der Waals surface area contributed by atoms with Gasteiger partial charge >= 0.3 is 0 Å². The van der Waals surface area contributed by atoms with E-state index in [-0.39, 0.29) is 24.0 Å². The lowest BCUT2D eigenvalue weighted by molar-refractivity contribution is 0.270. The second kappa shape index (κ2) is 8.43. The van der Waals surface area contributed by atoms with Gasteiger partial charge in [-0.05, 0) is 18.8 Å². The van der Waals surface area contributed by atoms with Crippen LogP contribution in [-0.4, -0.2) is 40.6 Å². The number of hydrogen-bond acceptors (Lipinski definition) is 4. The molecule has 0 radical (unpaired) electrons. The van der Waals surface area contributed by atoms with Gasteiger partial charge in [0.15, 0.2) is 11.8 Å². The molecule has 1 aliphatic rings. The topological polar surface area (TPSA) is 80.5 Å². The van der Waals surface area contributed by atoms with E-state index in [2.05, 4.69) is 27.0 Å². The van der Waals surface area contributed by atoms with Gasteiger partial charge in [-0.3, -0.25) is 4.99 Å². The molecular weight excluding hydrogens is 369 g/mol. The predicted octanol–water partition coefficient (Wildman–Crippen LogP) is 1.84. The Morgan fingerprint density at radius 2 is 2.35 bits per heavy atom. The monoisotopic (exact) mass is 393 g/mol. The molecule has 20 heavy (non-hydrogen) atoms. The van der Waals surface area contributed by atoms with Crippen molar-refractivity contribution >= 4 is 29.9 Å². The Balaban J connectivity index is 0.00000200. The fourth-order valence-corrected chi connectivity index (χ4v) is 2.30. The molecule has 0 amide bonds. The van der Waals surface area contributed by atoms with E-state index in [0.717, 1.165) is 19.5 Å². The van der Waals surface area contributed by atoms with Crippen molar-refractivity contribution in [2.45, 2.75) is 39.5 Å². The van der Waals surface area contributed by atoms with Crippen LogP contribution in [0.2, 0.25) is 0 Å². The Kier molecular flexibility index (Phi) is 7.25. The van der Waals surface area contributed by atoms with Gasteiger partial charge in [0, 0.05) is 32.5 Å². The van der Waals surface area contributed by atoms with Crippen LogP contribution in [0.25, 0.3) is 0 Å². The second-order valence-electron chi connectivity index (χ2n) is 5.14. The van der Waals surface area contributed by atoms with Crippen molar-refractivity contribution in [2.24, 2.45) is 16.6 Å². The van der Waals surface area contributed by atoms with Gasteiger partial charge in [-0.1, -0.05) is 19.0 Å². The first kappa shape index (κ1) is 17.2. The van der Waals surface area contributed by atoms with Crippen molar-refractivity contribution in [1.82, 2.24) is 15.0 Å². The summed E-state index contributed by atoms with van der Waals surface area (Å²) in [5.41, 5.74) is 6.02. The summed E-state index contributed by atoms with van der Waals surface area (Å²) in [6, 6.07) is 0. The molecule has 2 heterocycles. The average Bonchev–Trinajstić information content (AvgIpc) is 2.86. The molecule has 0 bridgehead atoms. The first-order chi connectivity index (χ1) is 9.19. The van der Waals surface area contributed by atoms with Crippen LogP contribution >= 0.6 is 24.0 Å². The first-order valence-corrected chi connectivity index (χ1v) is 7.05. The van der Waals surface area contributed by atoms with Crippen molar-refractivity contribution in [3.8, 4) is 0 Å². The van der Waals surface area contributed by atoms with Gasteiger partial charge in [0.25, 0.3) is 0 Å². The van der Waals surface area contributed by atoms with Crippen LogP contribution in [-0.2, 0) is 12.8 Å². The molecule has 2 N–H and O–H groups in total. The number of nitrogens with two attached hydrogens (primary N) is 1. The van der Waals surface area contributed by atoms with Crippen molar-refractivity contribution in [3.05, 3.63) is 11.7 Å². The van der Waals surface area contributed by atoms with E-state index in [0.29, 0.717) is 36.6 Å². The van der Waals surface area contributed by atoms with Crippen molar-refractivity contribution in [3.63, 3.8) is 0 Å². The summed E-state index contributed by atoms with van der Waals surface area (Å²) in [5.74, 6) is 2.73. The molecule has 7 heteroatoms. The highest BCUT2D eigenvalue weighted by Crippen LogP contribution is 2.14. The largest absolute Gasteiger partial charge is 0.370 e. The molecule has 0 aromatic carbocycles. The lowest BCUT2D eigenvalue weighted by Gasteiger charge is -2.31. The number of hydrogen-bond donors (Lipinski definition) is 1. The Bertz CT molecular complexity index is 434. The number of nitrogens with zero attached hydrogens (tertiary/aromatic N) is 4. The molecule has 1 unspecified atom stereocenters. The van der Waals surface area contributed by atoms with Crippen LogP contribution in [0.1, 0.15) is 38.4 Å². The summed E-state index contributed by atoms with van der Waals surface area (Å²) < 4.78 is 5.05. The lowest BCUT2D eigenvalue weighted by Crippen LogP contribution is -2.43. The zero-order valence-corrected chi connectivity index (χ0v) is 14.5. The zero-order valence-electron chi connectivity index (χ0n) is 12.2. The minimum Gasteiger partial charge on any atom is -0.370 e. The molecule has 2 rings (SSSR count). The maximum Gasteiger partial charge on any atom is 0.226 e. The van der Waals surface area contributed by atoms with Crippen molar-refractivity contribution in [2.75, 3.05) is 19.6 Å². The molecule has 6 nitrogen and oxygen atoms in total. The van der Waals surface area contributed by atoms with Crippen LogP contribution in [0, 0.1) is 5.92 Å². The Morgan fingerprint density at radius 1 is 1.55 bits per heavy atom. The summed E-state index contributed by atoms with van der Waals surface area (Å²) in [7, 11) is 0. The van der Waals surface area contributed by atoms with E-state index >= 15 is 0 Å². The normalized spacial score (nSPS) is 19.8. The highest BCUT2D eigenvalue weighted by atomic mass is 127. The molecule has 1 saturated heterocycles. The molecule has 1 aromatic heterocycles. The van der Waals surface area contributed by atoms with Gasteiger partial charge in [0.05, 0.1) is 0 Å². The van der Waals surface area contributed by atoms with Crippen LogP contribution < -0.4 is 5.73 Å². The molecule has 1 aliphatic heterocycles. The van der Waals surface area contributed by atoms with E-state index in [4.69, 9.17) is 10.3 Å². The van der Waals surface area contributed by atoms with Gasteiger partial charge in [-0.15, -0.1) is 24.0 Å². The quantitative estimate of drug-likeness (QED) is 0.480. The maximum absolute atomic E-state index is 6.02. The lowest BCUT2D eigenvalue weighted by atomic mass is 10.0. The Hall–Kier alpha value is -0.860. The highest BCUT2D eigenvalue weighted by Gasteiger charge is 2.17. The fraction of sp³-hybridized carbons (Fsp3) is 0.769. The van der Waals surface area contributed by atoms with Crippen LogP contribution in [0.5, 0.6) is 0 Å². The molecule has 0 aliphatic carbocycles. The van der Waals surface area contributed by atoms with E-state index in [1.165, 1.54) is 12.8 Å². The van der Waals surface area contributed by atoms with Crippen LogP contribution in [0.4, 0.5) is 0 Å². The number of halogens is 1. The highest BCUT2D eigenvalue weighted by molar-refractivity contribution is 14.0. The second-order valence-corrected chi connectivity index (χ2v) is 5.14. The summed E-state index contributed by atoms with van der Waals surface area (Å²) in [6.07, 6.45) is 3.92. The van der Waals surface area contributed by atoms with E-state index < -0.39 is 0 Å². The summed E-state index contributed by atoms with van der Waals surface area (Å²) >= 11 is 0. The van der Waals surface area contributed by atoms with Crippen LogP contribution in [0.15, 0.2) is 9.52 Å². The molecule has 1 aromatic rings. The predicted molar refractivity (Wildman–Crippen MR) is 89.3 cm³/mol. The molecule has 0 saturated carbocycles. The standard InChI is InChI=1S/C13H23N5O.HI/c1-3-12-16-11(17-19-12)6-7-15-13(14)18-8-4-5-10(2)9-18;/h10H,3-9H2,1-2H3,(H2,14,15);1H. The van der Waals surface area contributed by atoms with Crippen molar-refractivity contribution in [1.29, 1.82) is 0 Å². The minimum absolute atomic E-state index is 0. The van der Waals surface area contributed by atoms with Gasteiger partial charge in [0.2, 0.25) is 5.89 Å². The zero-order chi connectivity index (χ0) is 13.7. The van der Waals surface area contributed by atoms with E-state index in [1.807, 2.05) is 6.92 Å².